The van der Waals surface area contributed by atoms with Crippen LogP contribution in [0.5, 0.6) is 0 Å². The van der Waals surface area contributed by atoms with Crippen LogP contribution in [-0.2, 0) is 4.79 Å². The van der Waals surface area contributed by atoms with Crippen LogP contribution in [0.4, 0.5) is 0 Å². The number of amides is 2. The first kappa shape index (κ1) is 31.8. The molecule has 5 nitrogen and oxygen atoms in total. The SMILES string of the molecule is CCCCCCCCCCCCCCCCCCNC(=O)[C@@H](NC(=O)c1ccc2ccccc2c1)[C@@H](C)O. The summed E-state index contributed by atoms with van der Waals surface area (Å²) in [6.07, 6.45) is 20.0. The van der Waals surface area contributed by atoms with Gasteiger partial charge >= 0.3 is 0 Å². The predicted octanol–water partition coefficient (Wildman–Crippen LogP) is 7.70. The van der Waals surface area contributed by atoms with Gasteiger partial charge in [0.25, 0.3) is 5.91 Å². The second-order valence-corrected chi connectivity index (χ2v) is 10.8. The van der Waals surface area contributed by atoms with Gasteiger partial charge in [-0.05, 0) is 36.2 Å². The number of nitrogens with one attached hydrogen (secondary N) is 2. The van der Waals surface area contributed by atoms with E-state index in [9.17, 15) is 14.7 Å². The molecule has 0 spiro atoms. The first-order valence-corrected chi connectivity index (χ1v) is 15.3. The number of benzene rings is 2. The monoisotopic (exact) mass is 524 g/mol. The van der Waals surface area contributed by atoms with Gasteiger partial charge in [-0.1, -0.05) is 134 Å². The van der Waals surface area contributed by atoms with Crippen molar-refractivity contribution in [3.63, 3.8) is 0 Å². The largest absolute Gasteiger partial charge is 0.391 e. The van der Waals surface area contributed by atoms with Crippen LogP contribution in [0, 0.1) is 0 Å². The predicted molar refractivity (Wildman–Crippen MR) is 159 cm³/mol. The van der Waals surface area contributed by atoms with Gasteiger partial charge in [-0.2, -0.15) is 0 Å². The number of hydrogen-bond acceptors (Lipinski definition) is 3. The molecular weight excluding hydrogens is 472 g/mol. The summed E-state index contributed by atoms with van der Waals surface area (Å²) in [5.41, 5.74) is 0.472. The van der Waals surface area contributed by atoms with Crippen molar-refractivity contribution in [2.24, 2.45) is 0 Å². The van der Waals surface area contributed by atoms with Gasteiger partial charge in [-0.3, -0.25) is 9.59 Å². The summed E-state index contributed by atoms with van der Waals surface area (Å²) < 4.78 is 0. The molecule has 2 aromatic rings. The summed E-state index contributed by atoms with van der Waals surface area (Å²) in [4.78, 5) is 25.4. The van der Waals surface area contributed by atoms with Gasteiger partial charge in [-0.15, -0.1) is 0 Å². The van der Waals surface area contributed by atoms with E-state index in [1.165, 1.54) is 96.8 Å². The molecule has 0 radical (unpaired) electrons. The fraction of sp³-hybridized carbons (Fsp3) is 0.636. The number of unbranched alkanes of at least 4 members (excludes halogenated alkanes) is 15. The highest BCUT2D eigenvalue weighted by molar-refractivity contribution is 6.00. The van der Waals surface area contributed by atoms with E-state index < -0.39 is 12.1 Å². The Bertz CT molecular complexity index is 927. The van der Waals surface area contributed by atoms with E-state index >= 15 is 0 Å². The number of carbonyl (C=O) groups excluding carboxylic acids is 2. The average Bonchev–Trinajstić information content (AvgIpc) is 2.92. The van der Waals surface area contributed by atoms with Gasteiger partial charge in [0.1, 0.15) is 6.04 Å². The van der Waals surface area contributed by atoms with Crippen LogP contribution in [0.1, 0.15) is 127 Å². The molecule has 2 amide bonds. The molecule has 0 aliphatic rings. The molecule has 3 N–H and O–H groups in total. The normalized spacial score (nSPS) is 12.8. The number of aliphatic hydroxyl groups is 1. The van der Waals surface area contributed by atoms with E-state index in [0.717, 1.165) is 23.6 Å². The van der Waals surface area contributed by atoms with Crippen molar-refractivity contribution in [1.82, 2.24) is 10.6 Å². The zero-order valence-electron chi connectivity index (χ0n) is 24.0. The fourth-order valence-corrected chi connectivity index (χ4v) is 4.95. The molecule has 0 saturated heterocycles. The van der Waals surface area contributed by atoms with Crippen molar-refractivity contribution in [3.8, 4) is 0 Å². The van der Waals surface area contributed by atoms with E-state index in [0.29, 0.717) is 12.1 Å². The Morgan fingerprint density at radius 1 is 0.711 bits per heavy atom. The van der Waals surface area contributed by atoms with E-state index in [2.05, 4.69) is 17.6 Å². The third kappa shape index (κ3) is 12.9. The molecule has 0 fully saturated rings. The van der Waals surface area contributed by atoms with E-state index in [-0.39, 0.29) is 11.8 Å². The lowest BCUT2D eigenvalue weighted by atomic mass is 10.0. The summed E-state index contributed by atoms with van der Waals surface area (Å²) in [6.45, 7) is 4.36. The van der Waals surface area contributed by atoms with Gasteiger partial charge in [0, 0.05) is 12.1 Å². The number of fused-ring (bicyclic) bond motifs is 1. The third-order valence-corrected chi connectivity index (χ3v) is 7.39. The van der Waals surface area contributed by atoms with Gasteiger partial charge < -0.3 is 15.7 Å². The third-order valence-electron chi connectivity index (χ3n) is 7.39. The Balaban J connectivity index is 1.51. The van der Waals surface area contributed by atoms with E-state index in [1.807, 2.05) is 30.3 Å². The fourth-order valence-electron chi connectivity index (χ4n) is 4.95. The lowest BCUT2D eigenvalue weighted by molar-refractivity contribution is -0.125. The number of aliphatic hydroxyl groups excluding tert-OH is 1. The van der Waals surface area contributed by atoms with E-state index in [1.54, 1.807) is 12.1 Å². The zero-order valence-corrected chi connectivity index (χ0v) is 24.0. The molecule has 38 heavy (non-hydrogen) atoms. The second kappa shape index (κ2) is 19.6. The minimum absolute atomic E-state index is 0.338. The number of rotatable bonds is 21. The van der Waals surface area contributed by atoms with Gasteiger partial charge in [0.2, 0.25) is 5.91 Å². The van der Waals surface area contributed by atoms with Crippen LogP contribution in [0.2, 0.25) is 0 Å². The van der Waals surface area contributed by atoms with Crippen LogP contribution in [0.3, 0.4) is 0 Å². The lowest BCUT2D eigenvalue weighted by Gasteiger charge is -2.21. The second-order valence-electron chi connectivity index (χ2n) is 10.8. The molecule has 2 atom stereocenters. The molecule has 2 aromatic carbocycles. The smallest absolute Gasteiger partial charge is 0.252 e. The van der Waals surface area contributed by atoms with Crippen molar-refractivity contribution in [2.45, 2.75) is 129 Å². The highest BCUT2D eigenvalue weighted by Crippen LogP contribution is 2.16. The first-order valence-electron chi connectivity index (χ1n) is 15.3. The standard InChI is InChI=1S/C33H52N2O3/c1-3-4-5-6-7-8-9-10-11-12-13-14-15-16-17-20-25-34-33(38)31(27(2)36)35-32(37)30-24-23-28-21-18-19-22-29(28)26-30/h18-19,21-24,26-27,31,36H,3-17,20,25H2,1-2H3,(H,34,38)(H,35,37)/t27-,31+/m1/s1. The maximum atomic E-state index is 12.7. The molecule has 0 heterocycles. The maximum Gasteiger partial charge on any atom is 0.252 e. The Kier molecular flexibility index (Phi) is 16.4. The Morgan fingerprint density at radius 2 is 1.21 bits per heavy atom. The average molecular weight is 525 g/mol. The Morgan fingerprint density at radius 3 is 1.74 bits per heavy atom. The highest BCUT2D eigenvalue weighted by atomic mass is 16.3. The van der Waals surface area contributed by atoms with Crippen molar-refractivity contribution in [2.75, 3.05) is 6.54 Å². The van der Waals surface area contributed by atoms with Crippen molar-refractivity contribution < 1.29 is 14.7 Å². The summed E-state index contributed by atoms with van der Waals surface area (Å²) in [6, 6.07) is 12.3. The molecule has 0 bridgehead atoms. The first-order chi connectivity index (χ1) is 18.5. The minimum atomic E-state index is -0.981. The quantitative estimate of drug-likeness (QED) is 0.146. The summed E-state index contributed by atoms with van der Waals surface area (Å²) in [5.74, 6) is -0.700. The zero-order chi connectivity index (χ0) is 27.4. The minimum Gasteiger partial charge on any atom is -0.391 e. The van der Waals surface area contributed by atoms with Crippen molar-refractivity contribution in [1.29, 1.82) is 0 Å². The van der Waals surface area contributed by atoms with Gasteiger partial charge in [-0.25, -0.2) is 0 Å². The number of carbonyl (C=O) groups is 2. The van der Waals surface area contributed by atoms with Crippen LogP contribution >= 0.6 is 0 Å². The molecule has 0 saturated carbocycles. The van der Waals surface area contributed by atoms with Gasteiger partial charge in [0.05, 0.1) is 6.10 Å². The highest BCUT2D eigenvalue weighted by Gasteiger charge is 2.25. The molecular formula is C33H52N2O3. The van der Waals surface area contributed by atoms with Crippen molar-refractivity contribution in [3.05, 3.63) is 48.0 Å². The van der Waals surface area contributed by atoms with Gasteiger partial charge in [0.15, 0.2) is 0 Å². The molecule has 0 aliphatic heterocycles. The van der Waals surface area contributed by atoms with E-state index in [4.69, 9.17) is 0 Å². The maximum absolute atomic E-state index is 12.7. The van der Waals surface area contributed by atoms with Crippen LogP contribution in [-0.4, -0.2) is 35.6 Å². The molecule has 5 heteroatoms. The summed E-state index contributed by atoms with van der Waals surface area (Å²) in [5, 5.41) is 17.7. The molecule has 2 rings (SSSR count). The van der Waals surface area contributed by atoms with Crippen LogP contribution < -0.4 is 10.6 Å². The Hall–Kier alpha value is -2.40. The molecule has 0 aliphatic carbocycles. The lowest BCUT2D eigenvalue weighted by Crippen LogP contribution is -2.52. The van der Waals surface area contributed by atoms with Crippen LogP contribution in [0.15, 0.2) is 42.5 Å². The molecule has 0 unspecified atom stereocenters. The molecule has 0 aromatic heterocycles. The topological polar surface area (TPSA) is 78.4 Å². The summed E-state index contributed by atoms with van der Waals surface area (Å²) in [7, 11) is 0. The number of hydrogen-bond donors (Lipinski definition) is 3. The van der Waals surface area contributed by atoms with Crippen LogP contribution in [0.25, 0.3) is 10.8 Å². The molecule has 212 valence electrons. The summed E-state index contributed by atoms with van der Waals surface area (Å²) >= 11 is 0. The Labute approximate surface area is 231 Å². The van der Waals surface area contributed by atoms with Crippen molar-refractivity contribution >= 4 is 22.6 Å².